The number of rotatable bonds is 7. The molecule has 1 aliphatic heterocycles. The number of likely N-dealkylation sites (tertiary alicyclic amines) is 1. The predicted octanol–water partition coefficient (Wildman–Crippen LogP) is 1.90. The van der Waals surface area contributed by atoms with Gasteiger partial charge in [0.2, 0.25) is 0 Å². The van der Waals surface area contributed by atoms with Crippen LogP contribution in [0.15, 0.2) is 0 Å². The third-order valence-corrected chi connectivity index (χ3v) is 4.49. The highest BCUT2D eigenvalue weighted by Gasteiger charge is 2.33. The second-order valence-corrected chi connectivity index (χ2v) is 6.12. The van der Waals surface area contributed by atoms with E-state index in [1.807, 2.05) is 20.9 Å². The fourth-order valence-corrected chi connectivity index (χ4v) is 2.71. The number of esters is 1. The van der Waals surface area contributed by atoms with E-state index in [1.54, 1.807) is 0 Å². The van der Waals surface area contributed by atoms with Gasteiger partial charge >= 0.3 is 5.97 Å². The maximum absolute atomic E-state index is 11.9. The van der Waals surface area contributed by atoms with Gasteiger partial charge in [0, 0.05) is 13.1 Å². The van der Waals surface area contributed by atoms with Crippen LogP contribution in [0.25, 0.3) is 0 Å². The van der Waals surface area contributed by atoms with Crippen LogP contribution in [0, 0.1) is 11.8 Å². The Bertz CT molecular complexity index is 286. The van der Waals surface area contributed by atoms with Crippen molar-refractivity contribution < 1.29 is 9.53 Å². The van der Waals surface area contributed by atoms with Crippen LogP contribution < -0.4 is 5.32 Å². The number of nitrogens with zero attached hydrogens (tertiary/aromatic N) is 1. The van der Waals surface area contributed by atoms with Gasteiger partial charge in [0.05, 0.1) is 6.61 Å². The van der Waals surface area contributed by atoms with Gasteiger partial charge in [-0.2, -0.15) is 0 Å². The van der Waals surface area contributed by atoms with E-state index in [-0.39, 0.29) is 5.97 Å². The average Bonchev–Trinajstić information content (AvgIpc) is 2.68. The molecule has 112 valence electrons. The molecule has 4 nitrogen and oxygen atoms in total. The van der Waals surface area contributed by atoms with Gasteiger partial charge in [-0.25, -0.2) is 0 Å². The standard InChI is InChI=1S/C15H30N2O2/c1-6-19-14(18)15(4,16-5)8-7-9-17-10-12(2)13(3)11-17/h12-13,16H,6-11H2,1-5H3. The fourth-order valence-electron chi connectivity index (χ4n) is 2.71. The Morgan fingerprint density at radius 2 is 1.95 bits per heavy atom. The lowest BCUT2D eigenvalue weighted by atomic mass is 9.96. The number of likely N-dealkylation sites (N-methyl/N-ethyl adjacent to an activating group) is 1. The summed E-state index contributed by atoms with van der Waals surface area (Å²) in [5.41, 5.74) is -0.549. The Balaban J connectivity index is 2.36. The SMILES string of the molecule is CCOC(=O)C(C)(CCCN1CC(C)C(C)C1)NC. The van der Waals surface area contributed by atoms with Crippen LogP contribution >= 0.6 is 0 Å². The first-order valence-electron chi connectivity index (χ1n) is 7.51. The number of carbonyl (C=O) groups is 1. The van der Waals surface area contributed by atoms with Crippen molar-refractivity contribution in [3.05, 3.63) is 0 Å². The van der Waals surface area contributed by atoms with Crippen LogP contribution in [0.2, 0.25) is 0 Å². The maximum atomic E-state index is 11.9. The summed E-state index contributed by atoms with van der Waals surface area (Å²) in [6.45, 7) is 12.3. The summed E-state index contributed by atoms with van der Waals surface area (Å²) >= 11 is 0. The molecule has 3 unspecified atom stereocenters. The molecule has 0 aromatic rings. The zero-order valence-corrected chi connectivity index (χ0v) is 13.2. The van der Waals surface area contributed by atoms with Crippen LogP contribution in [-0.2, 0) is 9.53 Å². The Morgan fingerprint density at radius 1 is 1.37 bits per heavy atom. The molecule has 0 aromatic carbocycles. The lowest BCUT2D eigenvalue weighted by Gasteiger charge is -2.27. The highest BCUT2D eigenvalue weighted by molar-refractivity contribution is 5.80. The monoisotopic (exact) mass is 270 g/mol. The van der Waals surface area contributed by atoms with E-state index in [9.17, 15) is 4.79 Å². The smallest absolute Gasteiger partial charge is 0.326 e. The summed E-state index contributed by atoms with van der Waals surface area (Å²) in [5, 5.41) is 3.11. The molecule has 1 heterocycles. The molecule has 0 bridgehead atoms. The second kappa shape index (κ2) is 7.25. The van der Waals surface area contributed by atoms with Crippen molar-refractivity contribution in [3.8, 4) is 0 Å². The molecule has 0 radical (unpaired) electrons. The highest BCUT2D eigenvalue weighted by atomic mass is 16.5. The number of hydrogen-bond donors (Lipinski definition) is 1. The number of carbonyl (C=O) groups excluding carboxylic acids is 1. The first-order valence-corrected chi connectivity index (χ1v) is 7.51. The summed E-state index contributed by atoms with van der Waals surface area (Å²) in [6.07, 6.45) is 1.84. The molecule has 0 aromatic heterocycles. The molecule has 1 N–H and O–H groups in total. The van der Waals surface area contributed by atoms with E-state index in [4.69, 9.17) is 4.74 Å². The fraction of sp³-hybridized carbons (Fsp3) is 0.933. The molecule has 0 aliphatic carbocycles. The molecule has 1 rings (SSSR count). The van der Waals surface area contributed by atoms with Crippen molar-refractivity contribution in [1.29, 1.82) is 0 Å². The van der Waals surface area contributed by atoms with E-state index in [2.05, 4.69) is 24.1 Å². The molecule has 1 saturated heterocycles. The van der Waals surface area contributed by atoms with Crippen LogP contribution in [0.3, 0.4) is 0 Å². The quantitative estimate of drug-likeness (QED) is 0.717. The Hall–Kier alpha value is -0.610. The minimum atomic E-state index is -0.549. The third-order valence-electron chi connectivity index (χ3n) is 4.49. The minimum Gasteiger partial charge on any atom is -0.465 e. The van der Waals surface area contributed by atoms with Crippen molar-refractivity contribution in [2.45, 2.75) is 46.1 Å². The summed E-state index contributed by atoms with van der Waals surface area (Å²) in [7, 11) is 1.83. The van der Waals surface area contributed by atoms with Gasteiger partial charge in [0.1, 0.15) is 5.54 Å². The van der Waals surface area contributed by atoms with E-state index in [1.165, 1.54) is 13.1 Å². The van der Waals surface area contributed by atoms with E-state index in [0.717, 1.165) is 31.2 Å². The summed E-state index contributed by atoms with van der Waals surface area (Å²) < 4.78 is 5.14. The molecule has 0 spiro atoms. The zero-order chi connectivity index (χ0) is 14.5. The third kappa shape index (κ3) is 4.46. The molecule has 19 heavy (non-hydrogen) atoms. The van der Waals surface area contributed by atoms with Gasteiger partial charge in [-0.1, -0.05) is 13.8 Å². The van der Waals surface area contributed by atoms with Gasteiger partial charge in [0.25, 0.3) is 0 Å². The maximum Gasteiger partial charge on any atom is 0.326 e. The molecular weight excluding hydrogens is 240 g/mol. The van der Waals surface area contributed by atoms with E-state index in [0.29, 0.717) is 6.61 Å². The molecular formula is C15H30N2O2. The highest BCUT2D eigenvalue weighted by Crippen LogP contribution is 2.23. The van der Waals surface area contributed by atoms with Gasteiger partial charge in [0.15, 0.2) is 0 Å². The van der Waals surface area contributed by atoms with Crippen molar-refractivity contribution in [1.82, 2.24) is 10.2 Å². The molecule has 0 saturated carbocycles. The van der Waals surface area contributed by atoms with Crippen molar-refractivity contribution in [2.75, 3.05) is 33.3 Å². The second-order valence-electron chi connectivity index (χ2n) is 6.12. The normalized spacial score (nSPS) is 27.2. The van der Waals surface area contributed by atoms with Crippen LogP contribution in [0.5, 0.6) is 0 Å². The number of hydrogen-bond acceptors (Lipinski definition) is 4. The molecule has 0 amide bonds. The van der Waals surface area contributed by atoms with Crippen molar-refractivity contribution in [2.24, 2.45) is 11.8 Å². The number of nitrogens with one attached hydrogen (secondary N) is 1. The summed E-state index contributed by atoms with van der Waals surface area (Å²) in [4.78, 5) is 14.4. The molecule has 3 atom stereocenters. The lowest BCUT2D eigenvalue weighted by Crippen LogP contribution is -2.49. The number of ether oxygens (including phenoxy) is 1. The van der Waals surface area contributed by atoms with Gasteiger partial charge < -0.3 is 15.0 Å². The van der Waals surface area contributed by atoms with Crippen molar-refractivity contribution in [3.63, 3.8) is 0 Å². The Kier molecular flexibility index (Phi) is 6.27. The minimum absolute atomic E-state index is 0.138. The topological polar surface area (TPSA) is 41.6 Å². The Labute approximate surface area is 117 Å². The van der Waals surface area contributed by atoms with Crippen LogP contribution in [0.1, 0.15) is 40.5 Å². The predicted molar refractivity (Wildman–Crippen MR) is 78.1 cm³/mol. The van der Waals surface area contributed by atoms with Crippen molar-refractivity contribution >= 4 is 5.97 Å². The van der Waals surface area contributed by atoms with Gasteiger partial charge in [-0.05, 0) is 52.1 Å². The molecule has 4 heteroatoms. The zero-order valence-electron chi connectivity index (χ0n) is 13.2. The van der Waals surface area contributed by atoms with E-state index < -0.39 is 5.54 Å². The molecule has 1 fully saturated rings. The summed E-state index contributed by atoms with van der Waals surface area (Å²) in [6, 6.07) is 0. The first kappa shape index (κ1) is 16.4. The lowest BCUT2D eigenvalue weighted by molar-refractivity contribution is -0.150. The average molecular weight is 270 g/mol. The van der Waals surface area contributed by atoms with Gasteiger partial charge in [-0.15, -0.1) is 0 Å². The Morgan fingerprint density at radius 3 is 2.42 bits per heavy atom. The molecule has 1 aliphatic rings. The van der Waals surface area contributed by atoms with Gasteiger partial charge in [-0.3, -0.25) is 4.79 Å². The van der Waals surface area contributed by atoms with Crippen LogP contribution in [0.4, 0.5) is 0 Å². The van der Waals surface area contributed by atoms with Crippen LogP contribution in [-0.4, -0.2) is 49.7 Å². The first-order chi connectivity index (χ1) is 8.92. The van der Waals surface area contributed by atoms with E-state index >= 15 is 0 Å². The largest absolute Gasteiger partial charge is 0.465 e. The summed E-state index contributed by atoms with van der Waals surface area (Å²) in [5.74, 6) is 1.45.